The standard InChI is InChI=1S/C9H22Si2/c1-8-6-5-7-11(4,10)9(8,2)3/h8H,5-7H2,1-4,10H3. The smallest absolute Gasteiger partial charge is 0.0392 e. The van der Waals surface area contributed by atoms with Crippen molar-refractivity contribution >= 4 is 17.4 Å². The first-order chi connectivity index (χ1) is 4.88. The molecule has 1 aliphatic heterocycles. The average molecular weight is 186 g/mol. The van der Waals surface area contributed by atoms with Gasteiger partial charge in [0.05, 0.1) is 0 Å². The monoisotopic (exact) mass is 186 g/mol. The summed E-state index contributed by atoms with van der Waals surface area (Å²) in [7, 11) is 0.753. The summed E-state index contributed by atoms with van der Waals surface area (Å²) in [5, 5.41) is 0.734. The number of hydrogen-bond acceptors (Lipinski definition) is 0. The molecule has 0 nitrogen and oxygen atoms in total. The second-order valence-electron chi connectivity index (χ2n) is 5.40. The lowest BCUT2D eigenvalue weighted by Crippen LogP contribution is -2.49. The van der Waals surface area contributed by atoms with E-state index in [4.69, 9.17) is 0 Å². The second-order valence-corrected chi connectivity index (χ2v) is 17.6. The van der Waals surface area contributed by atoms with Crippen LogP contribution in [0.25, 0.3) is 0 Å². The molecule has 0 bridgehead atoms. The van der Waals surface area contributed by atoms with Crippen LogP contribution in [0.3, 0.4) is 0 Å². The molecule has 2 heteroatoms. The van der Waals surface area contributed by atoms with E-state index < -0.39 is 7.59 Å². The molecule has 1 heterocycles. The van der Waals surface area contributed by atoms with Crippen molar-refractivity contribution in [2.45, 2.75) is 51.2 Å². The predicted molar refractivity (Wildman–Crippen MR) is 58.8 cm³/mol. The minimum Gasteiger partial charge on any atom is -0.0714 e. The summed E-state index contributed by atoms with van der Waals surface area (Å²) in [6.45, 7) is 10.1. The fourth-order valence-electron chi connectivity index (χ4n) is 2.20. The highest BCUT2D eigenvalue weighted by atomic mass is 29.2. The highest BCUT2D eigenvalue weighted by Gasteiger charge is 2.44. The third-order valence-corrected chi connectivity index (χ3v) is 15.4. The molecule has 2 atom stereocenters. The lowest BCUT2D eigenvalue weighted by atomic mass is 9.91. The first-order valence-electron chi connectivity index (χ1n) is 4.88. The zero-order valence-corrected chi connectivity index (χ0v) is 11.7. The van der Waals surface area contributed by atoms with Crippen molar-refractivity contribution in [1.82, 2.24) is 0 Å². The number of rotatable bonds is 0. The van der Waals surface area contributed by atoms with E-state index in [0.29, 0.717) is 0 Å². The summed E-state index contributed by atoms with van der Waals surface area (Å²) in [4.78, 5) is 0. The van der Waals surface area contributed by atoms with Crippen LogP contribution in [-0.4, -0.2) is 17.4 Å². The highest BCUT2D eigenvalue weighted by molar-refractivity contribution is 7.18. The normalized spacial score (nSPS) is 44.2. The molecule has 0 radical (unpaired) electrons. The SMILES string of the molecule is CC1CCC[Si](C)([SiH3])C1(C)C. The van der Waals surface area contributed by atoms with Gasteiger partial charge in [0.25, 0.3) is 0 Å². The van der Waals surface area contributed by atoms with Gasteiger partial charge in [0.1, 0.15) is 0 Å². The number of hydrogen-bond donors (Lipinski definition) is 0. The Morgan fingerprint density at radius 1 is 1.45 bits per heavy atom. The van der Waals surface area contributed by atoms with Crippen LogP contribution >= 0.6 is 0 Å². The van der Waals surface area contributed by atoms with E-state index in [9.17, 15) is 0 Å². The van der Waals surface area contributed by atoms with E-state index >= 15 is 0 Å². The fourth-order valence-corrected chi connectivity index (χ4v) is 7.95. The maximum Gasteiger partial charge on any atom is 0.0392 e. The Kier molecular flexibility index (Phi) is 2.37. The van der Waals surface area contributed by atoms with Crippen LogP contribution in [0.15, 0.2) is 0 Å². The molecule has 1 fully saturated rings. The van der Waals surface area contributed by atoms with Crippen molar-refractivity contribution in [3.8, 4) is 0 Å². The molecule has 2 unspecified atom stereocenters. The predicted octanol–water partition coefficient (Wildman–Crippen LogP) is 2.14. The molecule has 1 saturated heterocycles. The van der Waals surface area contributed by atoms with Crippen molar-refractivity contribution in [3.63, 3.8) is 0 Å². The first kappa shape index (κ1) is 9.52. The van der Waals surface area contributed by atoms with Gasteiger partial charge in [0.2, 0.25) is 0 Å². The summed E-state index contributed by atoms with van der Waals surface area (Å²) in [6, 6.07) is 1.61. The summed E-state index contributed by atoms with van der Waals surface area (Å²) in [6.07, 6.45) is 3.01. The molecule has 0 N–H and O–H groups in total. The topological polar surface area (TPSA) is 0 Å². The van der Waals surface area contributed by atoms with E-state index in [1.165, 1.54) is 22.6 Å². The Hall–Kier alpha value is 0.434. The van der Waals surface area contributed by atoms with Crippen molar-refractivity contribution in [3.05, 3.63) is 0 Å². The van der Waals surface area contributed by atoms with Crippen LogP contribution in [0.5, 0.6) is 0 Å². The summed E-state index contributed by atoms with van der Waals surface area (Å²) in [5.41, 5.74) is 0. The Morgan fingerprint density at radius 3 is 2.36 bits per heavy atom. The third-order valence-electron chi connectivity index (χ3n) is 4.42. The molecular weight excluding hydrogens is 164 g/mol. The van der Waals surface area contributed by atoms with Gasteiger partial charge in [-0.25, -0.2) is 0 Å². The maximum absolute atomic E-state index is 2.62. The zero-order chi connectivity index (χ0) is 8.70. The largest absolute Gasteiger partial charge is 0.0714 e. The van der Waals surface area contributed by atoms with Crippen LogP contribution in [0, 0.1) is 5.92 Å². The summed E-state index contributed by atoms with van der Waals surface area (Å²) in [5.74, 6) is 0.991. The molecule has 1 rings (SSSR count). The van der Waals surface area contributed by atoms with Gasteiger partial charge < -0.3 is 0 Å². The molecule has 1 aliphatic rings. The van der Waals surface area contributed by atoms with Gasteiger partial charge in [-0.05, 0) is 20.7 Å². The van der Waals surface area contributed by atoms with E-state index in [2.05, 4.69) is 27.3 Å². The van der Waals surface area contributed by atoms with E-state index in [1.54, 1.807) is 6.04 Å². The van der Waals surface area contributed by atoms with E-state index in [1.807, 2.05) is 0 Å². The average Bonchev–Trinajstić information content (AvgIpc) is 1.84. The molecule has 11 heavy (non-hydrogen) atoms. The Labute approximate surface area is 75.0 Å². The zero-order valence-electron chi connectivity index (χ0n) is 8.70. The van der Waals surface area contributed by atoms with Crippen LogP contribution in [0.1, 0.15) is 33.6 Å². The van der Waals surface area contributed by atoms with Crippen LogP contribution in [0.2, 0.25) is 17.6 Å². The molecule has 0 amide bonds. The maximum atomic E-state index is 2.62. The highest BCUT2D eigenvalue weighted by Crippen LogP contribution is 2.50. The molecule has 0 aromatic heterocycles. The Balaban J connectivity index is 2.82. The van der Waals surface area contributed by atoms with Gasteiger partial charge in [-0.15, -0.1) is 0 Å². The van der Waals surface area contributed by atoms with Crippen LogP contribution in [-0.2, 0) is 0 Å². The second kappa shape index (κ2) is 2.73. The molecule has 0 aromatic carbocycles. The minimum atomic E-state index is -0.742. The van der Waals surface area contributed by atoms with Crippen molar-refractivity contribution < 1.29 is 0 Å². The summed E-state index contributed by atoms with van der Waals surface area (Å²) < 4.78 is 0. The third kappa shape index (κ3) is 1.47. The van der Waals surface area contributed by atoms with Crippen molar-refractivity contribution in [2.24, 2.45) is 5.92 Å². The van der Waals surface area contributed by atoms with Crippen LogP contribution in [0.4, 0.5) is 0 Å². The van der Waals surface area contributed by atoms with Crippen molar-refractivity contribution in [2.75, 3.05) is 0 Å². The lowest BCUT2D eigenvalue weighted by molar-refractivity contribution is 0.371. The quantitative estimate of drug-likeness (QED) is 0.509. The molecule has 0 aromatic rings. The minimum absolute atomic E-state index is 0.734. The van der Waals surface area contributed by atoms with Gasteiger partial charge in [0, 0.05) is 7.59 Å². The van der Waals surface area contributed by atoms with Gasteiger partial charge in [-0.3, -0.25) is 0 Å². The Morgan fingerprint density at radius 2 is 2.00 bits per heavy atom. The van der Waals surface area contributed by atoms with Gasteiger partial charge in [-0.1, -0.05) is 46.2 Å². The first-order valence-corrected chi connectivity index (χ1v) is 11.1. The van der Waals surface area contributed by atoms with Crippen molar-refractivity contribution in [1.29, 1.82) is 0 Å². The molecule has 0 spiro atoms. The lowest BCUT2D eigenvalue weighted by Gasteiger charge is -2.49. The molecular formula is C9H22Si2. The molecule has 0 saturated carbocycles. The van der Waals surface area contributed by atoms with Gasteiger partial charge >= 0.3 is 0 Å². The molecule has 0 aliphatic carbocycles. The summed E-state index contributed by atoms with van der Waals surface area (Å²) >= 11 is 0. The molecule has 66 valence electrons. The fraction of sp³-hybridized carbons (Fsp3) is 1.00. The van der Waals surface area contributed by atoms with Gasteiger partial charge in [-0.2, -0.15) is 0 Å². The van der Waals surface area contributed by atoms with E-state index in [-0.39, 0.29) is 0 Å². The van der Waals surface area contributed by atoms with E-state index in [0.717, 1.165) is 11.0 Å². The van der Waals surface area contributed by atoms with Crippen LogP contribution < -0.4 is 0 Å². The Bertz CT molecular complexity index is 150. The van der Waals surface area contributed by atoms with Gasteiger partial charge in [0.15, 0.2) is 0 Å².